The highest BCUT2D eigenvalue weighted by molar-refractivity contribution is 5.70. The van der Waals surface area contributed by atoms with Crippen LogP contribution in [0.15, 0.2) is 0 Å². The van der Waals surface area contributed by atoms with Crippen LogP contribution in [-0.2, 0) is 9.53 Å². The van der Waals surface area contributed by atoms with E-state index in [0.717, 1.165) is 19.3 Å². The summed E-state index contributed by atoms with van der Waals surface area (Å²) in [6.45, 7) is 7.18. The van der Waals surface area contributed by atoms with Crippen molar-refractivity contribution in [2.24, 2.45) is 23.5 Å². The second kappa shape index (κ2) is 8.57. The maximum absolute atomic E-state index is 12.0. The molecule has 0 amide bonds. The molecule has 1 aliphatic rings. The van der Waals surface area contributed by atoms with E-state index in [-0.39, 0.29) is 12.1 Å². The summed E-state index contributed by atoms with van der Waals surface area (Å²) < 4.78 is 5.75. The van der Waals surface area contributed by atoms with Crippen LogP contribution in [0.3, 0.4) is 0 Å². The summed E-state index contributed by atoms with van der Waals surface area (Å²) in [6, 6.07) is 0. The van der Waals surface area contributed by atoms with E-state index < -0.39 is 0 Å². The van der Waals surface area contributed by atoms with Crippen molar-refractivity contribution in [2.45, 2.75) is 71.8 Å². The molecule has 19 heavy (non-hydrogen) atoms. The fourth-order valence-corrected chi connectivity index (χ4v) is 3.20. The van der Waals surface area contributed by atoms with Gasteiger partial charge in [-0.15, -0.1) is 0 Å². The Bertz CT molecular complexity index is 265. The highest BCUT2D eigenvalue weighted by atomic mass is 16.5. The lowest BCUT2D eigenvalue weighted by atomic mass is 9.79. The van der Waals surface area contributed by atoms with E-state index in [1.54, 1.807) is 0 Å². The summed E-state index contributed by atoms with van der Waals surface area (Å²) >= 11 is 0. The van der Waals surface area contributed by atoms with Crippen LogP contribution in [-0.4, -0.2) is 18.6 Å². The van der Waals surface area contributed by atoms with Gasteiger partial charge < -0.3 is 10.5 Å². The quantitative estimate of drug-likeness (QED) is 0.720. The smallest absolute Gasteiger partial charge is 0.306 e. The van der Waals surface area contributed by atoms with Gasteiger partial charge in [0.15, 0.2) is 0 Å². The molecule has 0 heterocycles. The van der Waals surface area contributed by atoms with Crippen molar-refractivity contribution in [1.82, 2.24) is 0 Å². The van der Waals surface area contributed by atoms with Gasteiger partial charge in [-0.05, 0) is 50.0 Å². The van der Waals surface area contributed by atoms with Crippen molar-refractivity contribution in [3.05, 3.63) is 0 Å². The number of hydrogen-bond donors (Lipinski definition) is 1. The van der Waals surface area contributed by atoms with Gasteiger partial charge in [-0.2, -0.15) is 0 Å². The molecule has 0 aromatic rings. The lowest BCUT2D eigenvalue weighted by Gasteiger charge is -2.34. The topological polar surface area (TPSA) is 52.3 Å². The fraction of sp³-hybridized carbons (Fsp3) is 0.938. The summed E-state index contributed by atoms with van der Waals surface area (Å²) in [6.07, 6.45) is 7.43. The molecule has 1 aliphatic carbocycles. The second-order valence-electron chi connectivity index (χ2n) is 6.32. The van der Waals surface area contributed by atoms with Gasteiger partial charge in [-0.1, -0.05) is 33.6 Å². The van der Waals surface area contributed by atoms with Gasteiger partial charge >= 0.3 is 5.97 Å². The predicted molar refractivity (Wildman–Crippen MR) is 78.7 cm³/mol. The lowest BCUT2D eigenvalue weighted by Crippen LogP contribution is -2.34. The van der Waals surface area contributed by atoms with Crippen LogP contribution in [0, 0.1) is 17.8 Å². The molecule has 0 radical (unpaired) electrons. The van der Waals surface area contributed by atoms with Crippen molar-refractivity contribution >= 4 is 5.97 Å². The first-order valence-electron chi connectivity index (χ1n) is 7.98. The first kappa shape index (κ1) is 16.5. The van der Waals surface area contributed by atoms with Crippen LogP contribution in [0.2, 0.25) is 0 Å². The first-order valence-corrected chi connectivity index (χ1v) is 7.98. The molecule has 0 aliphatic heterocycles. The van der Waals surface area contributed by atoms with Gasteiger partial charge in [0.1, 0.15) is 6.10 Å². The van der Waals surface area contributed by atoms with Gasteiger partial charge in [0, 0.05) is 6.42 Å². The Morgan fingerprint density at radius 1 is 1.32 bits per heavy atom. The Morgan fingerprint density at radius 3 is 2.58 bits per heavy atom. The Labute approximate surface area is 118 Å². The molecule has 3 heteroatoms. The molecule has 1 saturated carbocycles. The molecule has 0 aromatic carbocycles. The number of hydrogen-bond acceptors (Lipinski definition) is 3. The molecule has 2 unspecified atom stereocenters. The third-order valence-electron chi connectivity index (χ3n) is 4.38. The Balaban J connectivity index is 2.45. The molecule has 1 fully saturated rings. The standard InChI is InChI=1S/C16H31NO2/c1-4-7-13(11-17)10-16(18)19-15-9-6-5-8-14(15)12(2)3/h12-15H,4-11,17H2,1-3H3/t13?,14?,15-/m1/s1. The first-order chi connectivity index (χ1) is 9.08. The Kier molecular flexibility index (Phi) is 7.44. The predicted octanol–water partition coefficient (Wildman–Crippen LogP) is 3.51. The van der Waals surface area contributed by atoms with Crippen LogP contribution < -0.4 is 5.73 Å². The van der Waals surface area contributed by atoms with Crippen molar-refractivity contribution in [3.8, 4) is 0 Å². The van der Waals surface area contributed by atoms with Gasteiger partial charge in [0.2, 0.25) is 0 Å². The molecule has 3 nitrogen and oxygen atoms in total. The summed E-state index contributed by atoms with van der Waals surface area (Å²) in [4.78, 5) is 12.0. The summed E-state index contributed by atoms with van der Waals surface area (Å²) in [5, 5.41) is 0. The van der Waals surface area contributed by atoms with E-state index >= 15 is 0 Å². The highest BCUT2D eigenvalue weighted by Crippen LogP contribution is 2.32. The minimum atomic E-state index is -0.0403. The number of carbonyl (C=O) groups excluding carboxylic acids is 1. The zero-order valence-corrected chi connectivity index (χ0v) is 12.9. The average Bonchev–Trinajstić information content (AvgIpc) is 2.38. The van der Waals surface area contributed by atoms with Crippen molar-refractivity contribution < 1.29 is 9.53 Å². The maximum atomic E-state index is 12.0. The Morgan fingerprint density at radius 2 is 2.00 bits per heavy atom. The number of carbonyl (C=O) groups is 1. The summed E-state index contributed by atoms with van der Waals surface area (Å²) in [5.41, 5.74) is 5.71. The van der Waals surface area contributed by atoms with E-state index in [2.05, 4.69) is 20.8 Å². The minimum Gasteiger partial charge on any atom is -0.462 e. The number of ether oxygens (including phenoxy) is 1. The third kappa shape index (κ3) is 5.52. The van der Waals surface area contributed by atoms with Crippen molar-refractivity contribution in [1.29, 1.82) is 0 Å². The zero-order valence-electron chi connectivity index (χ0n) is 12.9. The van der Waals surface area contributed by atoms with Gasteiger partial charge in [-0.3, -0.25) is 4.79 Å². The number of rotatable bonds is 7. The van der Waals surface area contributed by atoms with Crippen LogP contribution >= 0.6 is 0 Å². The summed E-state index contributed by atoms with van der Waals surface area (Å²) in [5.74, 6) is 1.39. The zero-order chi connectivity index (χ0) is 14.3. The monoisotopic (exact) mass is 269 g/mol. The summed E-state index contributed by atoms with van der Waals surface area (Å²) in [7, 11) is 0. The molecule has 0 aromatic heterocycles. The van der Waals surface area contributed by atoms with E-state index in [0.29, 0.717) is 30.7 Å². The van der Waals surface area contributed by atoms with Crippen LogP contribution in [0.25, 0.3) is 0 Å². The fourth-order valence-electron chi connectivity index (χ4n) is 3.20. The van der Waals surface area contributed by atoms with E-state index in [4.69, 9.17) is 10.5 Å². The molecular weight excluding hydrogens is 238 g/mol. The molecule has 1 rings (SSSR count). The van der Waals surface area contributed by atoms with Gasteiger partial charge in [-0.25, -0.2) is 0 Å². The maximum Gasteiger partial charge on any atom is 0.306 e. The SMILES string of the molecule is CCCC(CN)CC(=O)O[C@@H]1CCCCC1C(C)C. The van der Waals surface area contributed by atoms with Crippen molar-refractivity contribution in [2.75, 3.05) is 6.54 Å². The van der Waals surface area contributed by atoms with E-state index in [9.17, 15) is 4.79 Å². The van der Waals surface area contributed by atoms with E-state index in [1.807, 2.05) is 0 Å². The van der Waals surface area contributed by atoms with Crippen LogP contribution in [0.1, 0.15) is 65.7 Å². The van der Waals surface area contributed by atoms with Crippen LogP contribution in [0.4, 0.5) is 0 Å². The van der Waals surface area contributed by atoms with Gasteiger partial charge in [0.25, 0.3) is 0 Å². The number of nitrogens with two attached hydrogens (primary N) is 1. The molecule has 0 spiro atoms. The molecule has 112 valence electrons. The highest BCUT2D eigenvalue weighted by Gasteiger charge is 2.30. The normalized spacial score (nSPS) is 25.3. The molecule has 0 bridgehead atoms. The largest absolute Gasteiger partial charge is 0.462 e. The molecule has 3 atom stereocenters. The van der Waals surface area contributed by atoms with Crippen LogP contribution in [0.5, 0.6) is 0 Å². The second-order valence-corrected chi connectivity index (χ2v) is 6.32. The van der Waals surface area contributed by atoms with Crippen molar-refractivity contribution in [3.63, 3.8) is 0 Å². The van der Waals surface area contributed by atoms with Gasteiger partial charge in [0.05, 0.1) is 0 Å². The lowest BCUT2D eigenvalue weighted by molar-refractivity contribution is -0.155. The van der Waals surface area contributed by atoms with E-state index in [1.165, 1.54) is 19.3 Å². The third-order valence-corrected chi connectivity index (χ3v) is 4.38. The molecule has 2 N–H and O–H groups in total. The minimum absolute atomic E-state index is 0.0403. The number of esters is 1. The molecular formula is C16H31NO2. The molecule has 0 saturated heterocycles. The average molecular weight is 269 g/mol. The Hall–Kier alpha value is -0.570.